The summed E-state index contributed by atoms with van der Waals surface area (Å²) in [5.41, 5.74) is 1.90. The highest BCUT2D eigenvalue weighted by molar-refractivity contribution is 6.32. The molecule has 29 heavy (non-hydrogen) atoms. The number of fused-ring (bicyclic) bond motifs is 6. The summed E-state index contributed by atoms with van der Waals surface area (Å²) >= 11 is 0. The zero-order chi connectivity index (χ0) is 20.0. The van der Waals surface area contributed by atoms with E-state index in [1.54, 1.807) is 0 Å². The third kappa shape index (κ3) is 3.12. The first-order chi connectivity index (χ1) is 14.1. The van der Waals surface area contributed by atoms with Crippen molar-refractivity contribution in [1.29, 1.82) is 0 Å². The Labute approximate surface area is 168 Å². The largest absolute Gasteiger partial charge is 0.635 e. The number of benzene rings is 2. The van der Waals surface area contributed by atoms with E-state index in [0.717, 1.165) is 28.9 Å². The van der Waals surface area contributed by atoms with Crippen molar-refractivity contribution in [2.24, 2.45) is 0 Å². The monoisotopic (exact) mass is 395 g/mol. The van der Waals surface area contributed by atoms with Gasteiger partial charge in [-0.3, -0.25) is 4.79 Å². The molecule has 3 N–H and O–H groups in total. The quantitative estimate of drug-likeness (QED) is 0.509. The average molecular weight is 395 g/mol. The van der Waals surface area contributed by atoms with E-state index in [2.05, 4.69) is 5.32 Å². The molecule has 0 aromatic heterocycles. The van der Waals surface area contributed by atoms with Gasteiger partial charge in [0.25, 0.3) is 5.91 Å². The van der Waals surface area contributed by atoms with Gasteiger partial charge in [0, 0.05) is 17.9 Å². The van der Waals surface area contributed by atoms with Gasteiger partial charge in [-0.15, -0.1) is 0 Å². The number of hydrogen-bond donors (Lipinski definition) is 3. The van der Waals surface area contributed by atoms with E-state index < -0.39 is 19.2 Å². The molecule has 4 atom stereocenters. The molecule has 1 fully saturated rings. The number of carbonyl (C=O) groups excluding carboxylic acids is 1. The Balaban J connectivity index is 1.36. The van der Waals surface area contributed by atoms with Crippen LogP contribution in [0.1, 0.15) is 48.0 Å². The molecule has 0 saturated carbocycles. The maximum atomic E-state index is 13.3. The number of ether oxygens (including phenoxy) is 2. The molecule has 8 heteroatoms. The normalized spacial score (nSPS) is 27.1. The zero-order valence-corrected chi connectivity index (χ0v) is 15.8. The highest BCUT2D eigenvalue weighted by Gasteiger charge is 2.55. The molecule has 0 unspecified atom stereocenters. The van der Waals surface area contributed by atoms with E-state index in [0.29, 0.717) is 19.4 Å². The number of hydrogen-bond acceptors (Lipinski definition) is 6. The Morgan fingerprint density at radius 3 is 2.79 bits per heavy atom. The number of nitrogens with one attached hydrogen (secondary N) is 1. The van der Waals surface area contributed by atoms with Gasteiger partial charge in [0.05, 0.1) is 12.7 Å². The SMILES string of the molecule is O=C(N[C@@H](C[C@@H]1COc2ccccc21)OB(O)O)[C@@]12CC[C@@H](O1)c1ccccc12. The van der Waals surface area contributed by atoms with E-state index in [-0.39, 0.29) is 17.9 Å². The van der Waals surface area contributed by atoms with Crippen LogP contribution in [0.4, 0.5) is 0 Å². The van der Waals surface area contributed by atoms with Crippen LogP contribution in [0.2, 0.25) is 0 Å². The van der Waals surface area contributed by atoms with Crippen molar-refractivity contribution in [3.8, 4) is 5.75 Å². The minimum Gasteiger partial charge on any atom is -0.493 e. The Bertz CT molecular complexity index is 937. The molecule has 150 valence electrons. The molecule has 3 heterocycles. The highest BCUT2D eigenvalue weighted by atomic mass is 16.6. The number of rotatable bonds is 6. The molecule has 0 spiro atoms. The summed E-state index contributed by atoms with van der Waals surface area (Å²) in [5, 5.41) is 21.6. The molecule has 2 bridgehead atoms. The Kier molecular flexibility index (Phi) is 4.59. The predicted molar refractivity (Wildman–Crippen MR) is 104 cm³/mol. The summed E-state index contributed by atoms with van der Waals surface area (Å²) in [6, 6.07) is 15.5. The molecule has 7 nitrogen and oxygen atoms in total. The minimum atomic E-state index is -2.00. The summed E-state index contributed by atoms with van der Waals surface area (Å²) in [7, 11) is -2.00. The van der Waals surface area contributed by atoms with Crippen molar-refractivity contribution in [2.75, 3.05) is 6.61 Å². The van der Waals surface area contributed by atoms with Crippen molar-refractivity contribution >= 4 is 13.2 Å². The molecule has 0 aliphatic carbocycles. The van der Waals surface area contributed by atoms with Crippen molar-refractivity contribution in [3.63, 3.8) is 0 Å². The second-order valence-electron chi connectivity index (χ2n) is 7.77. The van der Waals surface area contributed by atoms with Crippen LogP contribution < -0.4 is 10.1 Å². The van der Waals surface area contributed by atoms with Crippen LogP contribution in [0.5, 0.6) is 5.75 Å². The molecule has 2 aromatic rings. The number of para-hydroxylation sites is 1. The smallest absolute Gasteiger partial charge is 0.493 e. The third-order valence-electron chi connectivity index (χ3n) is 6.09. The zero-order valence-electron chi connectivity index (χ0n) is 15.8. The van der Waals surface area contributed by atoms with Crippen LogP contribution in [-0.4, -0.2) is 36.1 Å². The lowest BCUT2D eigenvalue weighted by molar-refractivity contribution is -0.147. The molecule has 0 radical (unpaired) electrons. The summed E-state index contributed by atoms with van der Waals surface area (Å²) < 4.78 is 17.0. The molecule has 3 aliphatic rings. The van der Waals surface area contributed by atoms with Gasteiger partial charge in [-0.05, 0) is 30.0 Å². The maximum Gasteiger partial charge on any atom is 0.635 e. The van der Waals surface area contributed by atoms with Crippen LogP contribution >= 0.6 is 0 Å². The van der Waals surface area contributed by atoms with Crippen molar-refractivity contribution in [2.45, 2.75) is 43.1 Å². The maximum absolute atomic E-state index is 13.3. The first-order valence-electron chi connectivity index (χ1n) is 9.88. The molecule has 3 aliphatic heterocycles. The van der Waals surface area contributed by atoms with E-state index in [9.17, 15) is 14.8 Å². The molecular weight excluding hydrogens is 373 g/mol. The highest BCUT2D eigenvalue weighted by Crippen LogP contribution is 2.54. The summed E-state index contributed by atoms with van der Waals surface area (Å²) in [4.78, 5) is 13.3. The fourth-order valence-corrected chi connectivity index (χ4v) is 4.79. The second-order valence-corrected chi connectivity index (χ2v) is 7.77. The van der Waals surface area contributed by atoms with Gasteiger partial charge in [-0.1, -0.05) is 42.5 Å². The van der Waals surface area contributed by atoms with Crippen molar-refractivity contribution in [3.05, 3.63) is 65.2 Å². The summed E-state index contributed by atoms with van der Waals surface area (Å²) in [6.45, 7) is 0.448. The van der Waals surface area contributed by atoms with Crippen LogP contribution in [0.25, 0.3) is 0 Å². The van der Waals surface area contributed by atoms with E-state index in [4.69, 9.17) is 14.1 Å². The van der Waals surface area contributed by atoms with Crippen LogP contribution in [0.3, 0.4) is 0 Å². The first kappa shape index (κ1) is 18.6. The minimum absolute atomic E-state index is 0.0270. The van der Waals surface area contributed by atoms with E-state index in [1.165, 1.54) is 0 Å². The lowest BCUT2D eigenvalue weighted by Gasteiger charge is -2.29. The molecule has 1 amide bonds. The molecule has 2 aromatic carbocycles. The summed E-state index contributed by atoms with van der Waals surface area (Å²) in [6.07, 6.45) is 0.746. The Hall–Kier alpha value is -2.39. The van der Waals surface area contributed by atoms with Crippen LogP contribution in [-0.2, 0) is 19.8 Å². The summed E-state index contributed by atoms with van der Waals surface area (Å²) in [5.74, 6) is 0.459. The second kappa shape index (κ2) is 7.14. The fraction of sp³-hybridized carbons (Fsp3) is 0.381. The van der Waals surface area contributed by atoms with Gasteiger partial charge >= 0.3 is 7.32 Å². The topological polar surface area (TPSA) is 97.3 Å². The van der Waals surface area contributed by atoms with Crippen LogP contribution in [0, 0.1) is 0 Å². The standard InChI is InChI=1S/C21H22BNO6/c24-20(21-10-9-18(28-21)15-6-1-3-7-16(15)21)23-19(29-22(25)26)11-13-12-27-17-8-4-2-5-14(13)17/h1-8,13,18-19,25-26H,9-12H2,(H,23,24)/t13-,18-,19-,21+/m1/s1. The van der Waals surface area contributed by atoms with Gasteiger partial charge in [0.1, 0.15) is 12.0 Å². The van der Waals surface area contributed by atoms with Crippen molar-refractivity contribution < 1.29 is 29.0 Å². The Morgan fingerprint density at radius 2 is 1.97 bits per heavy atom. The first-order valence-corrected chi connectivity index (χ1v) is 9.88. The Morgan fingerprint density at radius 1 is 1.21 bits per heavy atom. The van der Waals surface area contributed by atoms with Gasteiger partial charge in [-0.25, -0.2) is 0 Å². The lowest BCUT2D eigenvalue weighted by atomic mass is 9.81. The fourth-order valence-electron chi connectivity index (χ4n) is 4.79. The number of amides is 1. The van der Waals surface area contributed by atoms with E-state index >= 15 is 0 Å². The van der Waals surface area contributed by atoms with E-state index in [1.807, 2.05) is 48.5 Å². The average Bonchev–Trinajstić information content (AvgIpc) is 3.41. The van der Waals surface area contributed by atoms with Crippen LogP contribution in [0.15, 0.2) is 48.5 Å². The molecule has 1 saturated heterocycles. The van der Waals surface area contributed by atoms with Gasteiger partial charge in [0.2, 0.25) is 0 Å². The predicted octanol–water partition coefficient (Wildman–Crippen LogP) is 1.74. The van der Waals surface area contributed by atoms with Gasteiger partial charge < -0.3 is 29.5 Å². The third-order valence-corrected chi connectivity index (χ3v) is 6.09. The molecule has 5 rings (SSSR count). The lowest BCUT2D eigenvalue weighted by Crippen LogP contribution is -2.50. The van der Waals surface area contributed by atoms with Gasteiger partial charge in [0.15, 0.2) is 5.60 Å². The van der Waals surface area contributed by atoms with Crippen molar-refractivity contribution in [1.82, 2.24) is 5.32 Å². The number of carbonyl (C=O) groups is 1. The van der Waals surface area contributed by atoms with Gasteiger partial charge in [-0.2, -0.15) is 0 Å². The molecular formula is C21H22BNO6.